The van der Waals surface area contributed by atoms with Gasteiger partial charge in [0, 0.05) is 16.9 Å². The molecule has 0 amide bonds. The predicted molar refractivity (Wildman–Crippen MR) is 74.8 cm³/mol. The van der Waals surface area contributed by atoms with Crippen LogP contribution in [-0.4, -0.2) is 18.3 Å². The zero-order valence-corrected chi connectivity index (χ0v) is 11.8. The Morgan fingerprint density at radius 3 is 2.68 bits per heavy atom. The third-order valence-corrected chi connectivity index (χ3v) is 4.58. The second kappa shape index (κ2) is 4.93. The van der Waals surface area contributed by atoms with Crippen LogP contribution in [0, 0.1) is 0 Å². The van der Waals surface area contributed by atoms with Crippen molar-refractivity contribution in [1.82, 2.24) is 0 Å². The van der Waals surface area contributed by atoms with Crippen LogP contribution in [0.15, 0.2) is 35.6 Å². The average Bonchev–Trinajstić information content (AvgIpc) is 2.80. The molecule has 19 heavy (non-hydrogen) atoms. The number of rotatable bonds is 2. The van der Waals surface area contributed by atoms with Crippen molar-refractivity contribution in [3.8, 4) is 0 Å². The van der Waals surface area contributed by atoms with E-state index in [4.69, 9.17) is 9.47 Å². The van der Waals surface area contributed by atoms with E-state index in [-0.39, 0.29) is 11.4 Å². The van der Waals surface area contributed by atoms with E-state index in [1.54, 1.807) is 11.8 Å². The van der Waals surface area contributed by atoms with E-state index in [1.807, 2.05) is 0 Å². The molecule has 0 saturated heterocycles. The molecule has 0 saturated carbocycles. The van der Waals surface area contributed by atoms with Gasteiger partial charge in [0.2, 0.25) is 5.76 Å². The number of hydrogen-bond acceptors (Lipinski definition) is 4. The van der Waals surface area contributed by atoms with Crippen LogP contribution < -0.4 is 0 Å². The number of thioether (sulfide) groups is 1. The van der Waals surface area contributed by atoms with Crippen LogP contribution in [0.4, 0.5) is 0 Å². The number of cyclic esters (lactones) is 1. The number of hydrogen-bond donors (Lipinski definition) is 0. The largest absolute Gasteiger partial charge is 0.467 e. The monoisotopic (exact) mass is 276 g/mol. The first kappa shape index (κ1) is 12.6. The van der Waals surface area contributed by atoms with Gasteiger partial charge in [0.05, 0.1) is 0 Å². The van der Waals surface area contributed by atoms with Crippen molar-refractivity contribution in [3.63, 3.8) is 0 Å². The molecular weight excluding hydrogens is 260 g/mol. The Labute approximate surface area is 117 Å². The molecule has 2 aliphatic heterocycles. The molecule has 0 radical (unpaired) electrons. The quantitative estimate of drug-likeness (QED) is 0.776. The van der Waals surface area contributed by atoms with Crippen LogP contribution in [0.3, 0.4) is 0 Å². The molecule has 2 aliphatic rings. The summed E-state index contributed by atoms with van der Waals surface area (Å²) in [6.45, 7) is 4.74. The first-order chi connectivity index (χ1) is 9.15. The van der Waals surface area contributed by atoms with E-state index in [2.05, 4.69) is 38.1 Å². The Balaban J connectivity index is 1.79. The summed E-state index contributed by atoms with van der Waals surface area (Å²) < 4.78 is 10.8. The zero-order chi connectivity index (χ0) is 13.4. The first-order valence-electron chi connectivity index (χ1n) is 6.42. The van der Waals surface area contributed by atoms with Crippen LogP contribution in [0.25, 0.3) is 0 Å². The molecule has 0 aromatic heterocycles. The fourth-order valence-corrected chi connectivity index (χ4v) is 3.27. The predicted octanol–water partition coefficient (Wildman–Crippen LogP) is 3.38. The van der Waals surface area contributed by atoms with E-state index in [0.717, 1.165) is 16.9 Å². The minimum atomic E-state index is -0.320. The van der Waals surface area contributed by atoms with Crippen molar-refractivity contribution in [2.24, 2.45) is 0 Å². The minimum Gasteiger partial charge on any atom is -0.467 e. The van der Waals surface area contributed by atoms with Gasteiger partial charge in [-0.25, -0.2) is 4.79 Å². The van der Waals surface area contributed by atoms with Crippen molar-refractivity contribution in [2.75, 3.05) is 12.4 Å². The number of carbonyl (C=O) groups excluding carboxylic acids is 1. The lowest BCUT2D eigenvalue weighted by molar-refractivity contribution is -0.139. The normalized spacial score (nSPS) is 22.3. The average molecular weight is 276 g/mol. The van der Waals surface area contributed by atoms with E-state index in [0.29, 0.717) is 18.3 Å². The third-order valence-electron chi connectivity index (χ3n) is 3.39. The van der Waals surface area contributed by atoms with Gasteiger partial charge in [-0.1, -0.05) is 38.1 Å². The van der Waals surface area contributed by atoms with Gasteiger partial charge in [-0.2, -0.15) is 0 Å². The SMILES string of the molecule is CC(C)c1ccc(C2OC3=C(COC3=O)CS2)cc1. The van der Waals surface area contributed by atoms with Crippen LogP contribution in [0.1, 0.15) is 36.3 Å². The van der Waals surface area contributed by atoms with Gasteiger partial charge in [-0.3, -0.25) is 0 Å². The third kappa shape index (κ3) is 2.37. The molecule has 3 nitrogen and oxygen atoms in total. The van der Waals surface area contributed by atoms with Crippen molar-refractivity contribution in [3.05, 3.63) is 46.7 Å². The van der Waals surface area contributed by atoms with Gasteiger partial charge in [-0.05, 0) is 11.5 Å². The maximum absolute atomic E-state index is 11.5. The number of benzene rings is 1. The maximum Gasteiger partial charge on any atom is 0.374 e. The van der Waals surface area contributed by atoms with Gasteiger partial charge in [0.1, 0.15) is 6.61 Å². The fourth-order valence-electron chi connectivity index (χ4n) is 2.19. The van der Waals surface area contributed by atoms with Gasteiger partial charge in [-0.15, -0.1) is 11.8 Å². The highest BCUT2D eigenvalue weighted by atomic mass is 32.2. The molecule has 0 N–H and O–H groups in total. The molecule has 0 fully saturated rings. The van der Waals surface area contributed by atoms with Crippen molar-refractivity contribution in [2.45, 2.75) is 25.2 Å². The van der Waals surface area contributed by atoms with Gasteiger partial charge in [0.25, 0.3) is 0 Å². The Hall–Kier alpha value is -1.42. The first-order valence-corrected chi connectivity index (χ1v) is 7.47. The summed E-state index contributed by atoms with van der Waals surface area (Å²) in [6.07, 6.45) is 0. The van der Waals surface area contributed by atoms with Gasteiger partial charge in [0.15, 0.2) is 5.44 Å². The maximum atomic E-state index is 11.5. The summed E-state index contributed by atoms with van der Waals surface area (Å²) in [5.41, 5.74) is 3.28. The molecule has 1 aromatic carbocycles. The molecule has 1 atom stereocenters. The van der Waals surface area contributed by atoms with Crippen LogP contribution in [-0.2, 0) is 14.3 Å². The summed E-state index contributed by atoms with van der Waals surface area (Å²) in [5.74, 6) is 1.43. The Morgan fingerprint density at radius 1 is 1.26 bits per heavy atom. The standard InChI is InChI=1S/C15H16O3S/c1-9(2)10-3-5-11(6-4-10)15-18-13-12(8-19-15)7-17-14(13)16/h3-6,9,15H,7-8H2,1-2H3. The number of ether oxygens (including phenoxy) is 2. The minimum absolute atomic E-state index is 0.106. The number of carbonyl (C=O) groups is 1. The molecule has 4 heteroatoms. The second-order valence-corrected chi connectivity index (χ2v) is 6.14. The molecular formula is C15H16O3S. The van der Waals surface area contributed by atoms with Crippen LogP contribution >= 0.6 is 11.8 Å². The Kier molecular flexibility index (Phi) is 3.27. The summed E-state index contributed by atoms with van der Waals surface area (Å²) >= 11 is 1.70. The molecule has 100 valence electrons. The van der Waals surface area contributed by atoms with Crippen molar-refractivity contribution in [1.29, 1.82) is 0 Å². The summed E-state index contributed by atoms with van der Waals surface area (Å²) in [4.78, 5) is 11.5. The zero-order valence-electron chi connectivity index (χ0n) is 11.0. The van der Waals surface area contributed by atoms with Gasteiger partial charge >= 0.3 is 5.97 Å². The smallest absolute Gasteiger partial charge is 0.374 e. The van der Waals surface area contributed by atoms with E-state index in [1.165, 1.54) is 5.56 Å². The second-order valence-electron chi connectivity index (χ2n) is 5.09. The lowest BCUT2D eigenvalue weighted by atomic mass is 10.0. The lowest BCUT2D eigenvalue weighted by Crippen LogP contribution is -2.12. The van der Waals surface area contributed by atoms with E-state index < -0.39 is 0 Å². The fraction of sp³-hybridized carbons (Fsp3) is 0.400. The summed E-state index contributed by atoms with van der Waals surface area (Å²) in [6, 6.07) is 8.42. The molecule has 2 heterocycles. The van der Waals surface area contributed by atoms with Gasteiger partial charge < -0.3 is 9.47 Å². The molecule has 0 aliphatic carbocycles. The summed E-state index contributed by atoms with van der Waals surface area (Å²) in [5, 5.41) is 0. The summed E-state index contributed by atoms with van der Waals surface area (Å²) in [7, 11) is 0. The van der Waals surface area contributed by atoms with Crippen LogP contribution in [0.5, 0.6) is 0 Å². The topological polar surface area (TPSA) is 35.5 Å². The Bertz CT molecular complexity index is 531. The number of esters is 1. The highest BCUT2D eigenvalue weighted by Gasteiger charge is 2.34. The van der Waals surface area contributed by atoms with Crippen LogP contribution in [0.2, 0.25) is 0 Å². The van der Waals surface area contributed by atoms with E-state index >= 15 is 0 Å². The molecule has 0 spiro atoms. The highest BCUT2D eigenvalue weighted by Crippen LogP contribution is 2.41. The highest BCUT2D eigenvalue weighted by molar-refractivity contribution is 7.99. The lowest BCUT2D eigenvalue weighted by Gasteiger charge is -2.23. The van der Waals surface area contributed by atoms with Crippen molar-refractivity contribution >= 4 is 17.7 Å². The molecule has 0 bridgehead atoms. The molecule has 3 rings (SSSR count). The van der Waals surface area contributed by atoms with E-state index in [9.17, 15) is 4.79 Å². The molecule has 1 aromatic rings. The molecule has 1 unspecified atom stereocenters. The van der Waals surface area contributed by atoms with Crippen molar-refractivity contribution < 1.29 is 14.3 Å². The Morgan fingerprint density at radius 2 is 2.00 bits per heavy atom.